The van der Waals surface area contributed by atoms with Gasteiger partial charge in [-0.2, -0.15) is 5.10 Å². The van der Waals surface area contributed by atoms with Crippen LogP contribution in [0, 0.1) is 5.92 Å². The number of rotatable bonds is 2. The lowest BCUT2D eigenvalue weighted by Crippen LogP contribution is -2.15. The summed E-state index contributed by atoms with van der Waals surface area (Å²) in [6.07, 6.45) is 2.04. The van der Waals surface area contributed by atoms with Gasteiger partial charge < -0.3 is 10.6 Å². The highest BCUT2D eigenvalue weighted by Crippen LogP contribution is 2.15. The van der Waals surface area contributed by atoms with E-state index in [1.807, 2.05) is 0 Å². The van der Waals surface area contributed by atoms with Crippen LogP contribution in [0.4, 0.5) is 0 Å². The van der Waals surface area contributed by atoms with Gasteiger partial charge in [0.1, 0.15) is 0 Å². The van der Waals surface area contributed by atoms with Crippen molar-refractivity contribution < 1.29 is 4.74 Å². The van der Waals surface area contributed by atoms with Crippen LogP contribution in [0.1, 0.15) is 19.8 Å². The van der Waals surface area contributed by atoms with E-state index in [-0.39, 0.29) is 0 Å². The summed E-state index contributed by atoms with van der Waals surface area (Å²) >= 11 is 0. The van der Waals surface area contributed by atoms with E-state index >= 15 is 0 Å². The highest BCUT2D eigenvalue weighted by molar-refractivity contribution is 5.86. The Labute approximate surface area is 61.2 Å². The average Bonchev–Trinajstić information content (AvgIpc) is 2.43. The maximum Gasteiger partial charge on any atom is 0.0548 e. The van der Waals surface area contributed by atoms with Crippen molar-refractivity contribution in [3.8, 4) is 0 Å². The lowest BCUT2D eigenvalue weighted by atomic mass is 10.0. The summed E-state index contributed by atoms with van der Waals surface area (Å²) in [4.78, 5) is 0. The molecule has 2 N–H and O–H groups in total. The minimum atomic E-state index is 0.495. The van der Waals surface area contributed by atoms with Gasteiger partial charge in [-0.3, -0.25) is 0 Å². The minimum Gasteiger partial charge on any atom is -0.381 e. The number of nitrogens with two attached hydrogens (primary N) is 1. The fourth-order valence-corrected chi connectivity index (χ4v) is 1.28. The first-order valence-corrected chi connectivity index (χ1v) is 3.72. The molecule has 0 spiro atoms. The number of hydrogen-bond acceptors (Lipinski definition) is 3. The van der Waals surface area contributed by atoms with Crippen molar-refractivity contribution in [2.75, 3.05) is 13.2 Å². The van der Waals surface area contributed by atoms with Gasteiger partial charge in [-0.15, -0.1) is 0 Å². The van der Waals surface area contributed by atoms with Gasteiger partial charge in [-0.25, -0.2) is 0 Å². The van der Waals surface area contributed by atoms with Crippen molar-refractivity contribution in [3.05, 3.63) is 0 Å². The van der Waals surface area contributed by atoms with E-state index in [9.17, 15) is 0 Å². The van der Waals surface area contributed by atoms with Crippen molar-refractivity contribution in [1.82, 2.24) is 0 Å². The molecule has 1 fully saturated rings. The molecule has 10 heavy (non-hydrogen) atoms. The topological polar surface area (TPSA) is 47.6 Å². The smallest absolute Gasteiger partial charge is 0.0548 e. The molecule has 0 amide bonds. The second kappa shape index (κ2) is 3.56. The molecule has 3 heteroatoms. The van der Waals surface area contributed by atoms with E-state index in [0.717, 1.165) is 31.8 Å². The van der Waals surface area contributed by atoms with Crippen LogP contribution in [0.15, 0.2) is 5.10 Å². The molecule has 1 saturated heterocycles. The Balaban J connectivity index is 2.45. The summed E-state index contributed by atoms with van der Waals surface area (Å²) in [5, 5.41) is 3.73. The van der Waals surface area contributed by atoms with E-state index in [1.165, 1.54) is 0 Å². The van der Waals surface area contributed by atoms with Crippen LogP contribution in [0.3, 0.4) is 0 Å². The largest absolute Gasteiger partial charge is 0.381 e. The third-order valence-electron chi connectivity index (χ3n) is 1.93. The molecular formula is C7H14N2O. The Morgan fingerprint density at radius 2 is 2.60 bits per heavy atom. The maximum absolute atomic E-state index is 5.21. The normalized spacial score (nSPS) is 27.3. The zero-order chi connectivity index (χ0) is 7.40. The fourth-order valence-electron chi connectivity index (χ4n) is 1.28. The van der Waals surface area contributed by atoms with Crippen molar-refractivity contribution in [2.45, 2.75) is 19.8 Å². The summed E-state index contributed by atoms with van der Waals surface area (Å²) < 4.78 is 5.21. The predicted molar refractivity (Wildman–Crippen MR) is 40.8 cm³/mol. The Morgan fingerprint density at radius 3 is 3.00 bits per heavy atom. The van der Waals surface area contributed by atoms with Crippen LogP contribution in [0.2, 0.25) is 0 Å². The predicted octanol–water partition coefficient (Wildman–Crippen LogP) is 0.748. The first-order chi connectivity index (χ1) is 4.88. The Morgan fingerprint density at radius 1 is 1.80 bits per heavy atom. The van der Waals surface area contributed by atoms with E-state index < -0.39 is 0 Å². The zero-order valence-electron chi connectivity index (χ0n) is 6.34. The molecule has 0 bridgehead atoms. The number of hydrogen-bond donors (Lipinski definition) is 1. The Hall–Kier alpha value is -0.570. The molecule has 58 valence electrons. The van der Waals surface area contributed by atoms with Gasteiger partial charge in [0, 0.05) is 18.2 Å². The van der Waals surface area contributed by atoms with Gasteiger partial charge in [0.05, 0.1) is 6.61 Å². The van der Waals surface area contributed by atoms with Crippen LogP contribution < -0.4 is 5.84 Å². The summed E-state index contributed by atoms with van der Waals surface area (Å²) in [7, 11) is 0. The molecule has 1 aliphatic rings. The molecule has 1 aliphatic heterocycles. The minimum absolute atomic E-state index is 0.495. The van der Waals surface area contributed by atoms with E-state index in [1.54, 1.807) is 0 Å². The molecule has 3 nitrogen and oxygen atoms in total. The molecule has 0 aromatic rings. The second-order valence-electron chi connectivity index (χ2n) is 2.53. The first-order valence-electron chi connectivity index (χ1n) is 3.72. The third kappa shape index (κ3) is 1.48. The summed E-state index contributed by atoms with van der Waals surface area (Å²) in [6.45, 7) is 3.75. The monoisotopic (exact) mass is 142 g/mol. The molecule has 0 saturated carbocycles. The Kier molecular flexibility index (Phi) is 2.68. The molecule has 0 aliphatic carbocycles. The van der Waals surface area contributed by atoms with Gasteiger partial charge in [-0.05, 0) is 12.8 Å². The highest BCUT2D eigenvalue weighted by Gasteiger charge is 2.19. The quantitative estimate of drug-likeness (QED) is 0.351. The van der Waals surface area contributed by atoms with E-state index in [4.69, 9.17) is 10.6 Å². The number of ether oxygens (including phenoxy) is 1. The molecule has 1 unspecified atom stereocenters. The third-order valence-corrected chi connectivity index (χ3v) is 1.93. The number of hydrazone groups is 1. The average molecular weight is 142 g/mol. The summed E-state index contributed by atoms with van der Waals surface area (Å²) in [6, 6.07) is 0. The Bertz CT molecular complexity index is 128. The molecule has 0 radical (unpaired) electrons. The van der Waals surface area contributed by atoms with Gasteiger partial charge >= 0.3 is 0 Å². The zero-order valence-corrected chi connectivity index (χ0v) is 6.34. The van der Waals surface area contributed by atoms with Crippen LogP contribution in [-0.4, -0.2) is 18.9 Å². The van der Waals surface area contributed by atoms with Crippen LogP contribution in [0.25, 0.3) is 0 Å². The first kappa shape index (κ1) is 7.54. The van der Waals surface area contributed by atoms with Crippen LogP contribution in [0.5, 0.6) is 0 Å². The lowest BCUT2D eigenvalue weighted by Gasteiger charge is -2.06. The van der Waals surface area contributed by atoms with Gasteiger partial charge in [0.25, 0.3) is 0 Å². The van der Waals surface area contributed by atoms with Crippen molar-refractivity contribution in [1.29, 1.82) is 0 Å². The molecule has 1 heterocycles. The molecule has 1 atom stereocenters. The van der Waals surface area contributed by atoms with Crippen LogP contribution >= 0.6 is 0 Å². The van der Waals surface area contributed by atoms with Crippen LogP contribution in [-0.2, 0) is 4.74 Å². The van der Waals surface area contributed by atoms with E-state index in [2.05, 4.69) is 12.0 Å². The van der Waals surface area contributed by atoms with Crippen molar-refractivity contribution in [2.24, 2.45) is 16.9 Å². The highest BCUT2D eigenvalue weighted by atomic mass is 16.5. The SMILES string of the molecule is CC/C(=N/N)C1CCOC1. The molecular weight excluding hydrogens is 128 g/mol. The second-order valence-corrected chi connectivity index (χ2v) is 2.53. The number of nitrogens with zero attached hydrogens (tertiary/aromatic N) is 1. The van der Waals surface area contributed by atoms with Crippen molar-refractivity contribution in [3.63, 3.8) is 0 Å². The van der Waals surface area contributed by atoms with Gasteiger partial charge in [-0.1, -0.05) is 6.92 Å². The van der Waals surface area contributed by atoms with E-state index in [0.29, 0.717) is 5.92 Å². The lowest BCUT2D eigenvalue weighted by molar-refractivity contribution is 0.193. The fraction of sp³-hybridized carbons (Fsp3) is 0.857. The molecule has 0 aromatic heterocycles. The molecule has 0 aromatic carbocycles. The maximum atomic E-state index is 5.21. The van der Waals surface area contributed by atoms with Crippen molar-refractivity contribution >= 4 is 5.71 Å². The van der Waals surface area contributed by atoms with Gasteiger partial charge in [0.2, 0.25) is 0 Å². The standard InChI is InChI=1S/C7H14N2O/c1-2-7(9-8)6-3-4-10-5-6/h6H,2-5,8H2,1H3/b9-7-. The van der Waals surface area contributed by atoms with Gasteiger partial charge in [0.15, 0.2) is 0 Å². The summed E-state index contributed by atoms with van der Waals surface area (Å²) in [5.74, 6) is 5.69. The summed E-state index contributed by atoms with van der Waals surface area (Å²) in [5.41, 5.74) is 1.09. The molecule has 1 rings (SSSR count).